The topological polar surface area (TPSA) is 70.1 Å². The van der Waals surface area contributed by atoms with Crippen molar-refractivity contribution < 1.29 is 4.79 Å². The lowest BCUT2D eigenvalue weighted by molar-refractivity contribution is 0.0950. The van der Waals surface area contributed by atoms with Crippen LogP contribution in [0, 0.1) is 5.92 Å². The zero-order chi connectivity index (χ0) is 20.6. The van der Waals surface area contributed by atoms with Crippen molar-refractivity contribution in [2.24, 2.45) is 11.0 Å². The summed E-state index contributed by atoms with van der Waals surface area (Å²) in [5, 5.41) is 11.0. The highest BCUT2D eigenvalue weighted by Gasteiger charge is 2.10. The van der Waals surface area contributed by atoms with Crippen molar-refractivity contribution in [3.8, 4) is 11.3 Å². The molecular formula is C23H23BrN4O. The molecule has 148 valence electrons. The molecule has 0 saturated heterocycles. The van der Waals surface area contributed by atoms with Crippen LogP contribution in [0.5, 0.6) is 0 Å². The van der Waals surface area contributed by atoms with Crippen LogP contribution in [0.3, 0.4) is 0 Å². The number of hydrogen-bond acceptors (Lipinski definition) is 3. The van der Waals surface area contributed by atoms with Gasteiger partial charge >= 0.3 is 0 Å². The van der Waals surface area contributed by atoms with Gasteiger partial charge in [0.05, 0.1) is 11.9 Å². The third kappa shape index (κ3) is 6.26. The van der Waals surface area contributed by atoms with E-state index in [-0.39, 0.29) is 5.91 Å². The summed E-state index contributed by atoms with van der Waals surface area (Å²) in [6, 6.07) is 19.8. The number of H-pyrrole nitrogens is 1. The smallest absolute Gasteiger partial charge is 0.272 e. The minimum absolute atomic E-state index is 0.351. The number of halogens is 1. The van der Waals surface area contributed by atoms with Gasteiger partial charge < -0.3 is 0 Å². The lowest BCUT2D eigenvalue weighted by Gasteiger charge is -2.05. The Hall–Kier alpha value is -2.99. The van der Waals surface area contributed by atoms with E-state index in [9.17, 15) is 4.79 Å². The molecule has 2 N–H and O–H groups in total. The third-order valence-electron chi connectivity index (χ3n) is 4.17. The maximum atomic E-state index is 12.3. The van der Waals surface area contributed by atoms with E-state index < -0.39 is 0 Å². The molecule has 0 spiro atoms. The number of amides is 1. The van der Waals surface area contributed by atoms with Gasteiger partial charge in [0.1, 0.15) is 5.69 Å². The zero-order valence-electron chi connectivity index (χ0n) is 16.4. The molecule has 0 bridgehead atoms. The molecule has 0 radical (unpaired) electrons. The molecule has 2 aromatic carbocycles. The van der Waals surface area contributed by atoms with Crippen molar-refractivity contribution in [2.75, 3.05) is 0 Å². The number of hydrazone groups is 1. The molecule has 29 heavy (non-hydrogen) atoms. The van der Waals surface area contributed by atoms with Gasteiger partial charge in [0, 0.05) is 10.0 Å². The minimum Gasteiger partial charge on any atom is -0.272 e. The van der Waals surface area contributed by atoms with Gasteiger partial charge in [-0.05, 0) is 51.5 Å². The largest absolute Gasteiger partial charge is 0.289 e. The van der Waals surface area contributed by atoms with Gasteiger partial charge in [-0.25, -0.2) is 5.43 Å². The van der Waals surface area contributed by atoms with Crippen LogP contribution < -0.4 is 5.43 Å². The number of nitrogens with one attached hydrogen (secondary N) is 2. The molecule has 0 aliphatic heterocycles. The summed E-state index contributed by atoms with van der Waals surface area (Å²) >= 11 is 3.42. The molecule has 1 heterocycles. The molecule has 0 atom stereocenters. The number of aromatic amines is 1. The highest BCUT2D eigenvalue weighted by atomic mass is 79.9. The first-order valence-corrected chi connectivity index (χ1v) is 10.2. The number of rotatable bonds is 7. The molecule has 3 rings (SSSR count). The molecular weight excluding hydrogens is 428 g/mol. The summed E-state index contributed by atoms with van der Waals surface area (Å²) in [5.74, 6) is 0.265. The molecule has 5 nitrogen and oxygen atoms in total. The van der Waals surface area contributed by atoms with Crippen LogP contribution in [0.2, 0.25) is 0 Å². The summed E-state index contributed by atoms with van der Waals surface area (Å²) in [6.07, 6.45) is 4.49. The van der Waals surface area contributed by atoms with Crippen molar-refractivity contribution in [1.29, 1.82) is 0 Å². The minimum atomic E-state index is -0.351. The molecule has 1 aromatic heterocycles. The van der Waals surface area contributed by atoms with E-state index in [1.165, 1.54) is 11.8 Å². The monoisotopic (exact) mass is 450 g/mol. The van der Waals surface area contributed by atoms with Gasteiger partial charge in [-0.3, -0.25) is 9.89 Å². The Labute approximate surface area is 179 Å². The lowest BCUT2D eigenvalue weighted by Crippen LogP contribution is -2.17. The Kier molecular flexibility index (Phi) is 7.14. The summed E-state index contributed by atoms with van der Waals surface area (Å²) in [7, 11) is 0. The Morgan fingerprint density at radius 3 is 2.59 bits per heavy atom. The number of carbonyl (C=O) groups excluding carboxylic acids is 1. The van der Waals surface area contributed by atoms with Gasteiger partial charge in [0.25, 0.3) is 5.91 Å². The van der Waals surface area contributed by atoms with Crippen LogP contribution in [0.25, 0.3) is 17.3 Å². The average Bonchev–Trinajstić information content (AvgIpc) is 3.19. The second-order valence-corrected chi connectivity index (χ2v) is 8.02. The molecule has 1 amide bonds. The van der Waals surface area contributed by atoms with E-state index >= 15 is 0 Å². The molecule has 6 heteroatoms. The molecule has 3 aromatic rings. The van der Waals surface area contributed by atoms with Crippen LogP contribution in [-0.4, -0.2) is 22.3 Å². The van der Waals surface area contributed by atoms with Gasteiger partial charge in [-0.2, -0.15) is 10.2 Å². The third-order valence-corrected chi connectivity index (χ3v) is 4.61. The summed E-state index contributed by atoms with van der Waals surface area (Å²) in [4.78, 5) is 12.3. The Balaban J connectivity index is 1.60. The van der Waals surface area contributed by atoms with Gasteiger partial charge in [0.2, 0.25) is 0 Å². The van der Waals surface area contributed by atoms with Crippen LogP contribution in [-0.2, 0) is 6.42 Å². The Bertz CT molecular complexity index is 1000. The molecule has 0 aliphatic rings. The van der Waals surface area contributed by atoms with E-state index in [1.54, 1.807) is 6.07 Å². The fourth-order valence-electron chi connectivity index (χ4n) is 2.83. The van der Waals surface area contributed by atoms with E-state index in [1.807, 2.05) is 48.5 Å². The van der Waals surface area contributed by atoms with E-state index in [0.29, 0.717) is 11.6 Å². The molecule has 0 fully saturated rings. The summed E-state index contributed by atoms with van der Waals surface area (Å²) in [6.45, 7) is 4.40. The number of carbonyl (C=O) groups is 1. The van der Waals surface area contributed by atoms with Gasteiger partial charge in [-0.1, -0.05) is 68.4 Å². The molecule has 0 saturated carbocycles. The van der Waals surface area contributed by atoms with Crippen LogP contribution >= 0.6 is 15.9 Å². The SMILES string of the molecule is CC(C)Cc1ccc(-c2cc(C(=O)N/N=C\C(Br)=C\c3ccccc3)[nH]n2)cc1. The molecule has 0 aliphatic carbocycles. The quantitative estimate of drug-likeness (QED) is 0.372. The highest BCUT2D eigenvalue weighted by Crippen LogP contribution is 2.19. The highest BCUT2D eigenvalue weighted by molar-refractivity contribution is 9.12. The number of nitrogens with zero attached hydrogens (tertiary/aromatic N) is 2. The van der Waals surface area contributed by atoms with Crippen molar-refractivity contribution >= 4 is 34.1 Å². The average molecular weight is 451 g/mol. The van der Waals surface area contributed by atoms with Crippen molar-refractivity contribution in [3.63, 3.8) is 0 Å². The maximum absolute atomic E-state index is 12.3. The Morgan fingerprint density at radius 2 is 1.90 bits per heavy atom. The first-order chi connectivity index (χ1) is 14.0. The first kappa shape index (κ1) is 20.7. The zero-order valence-corrected chi connectivity index (χ0v) is 18.0. The number of allylic oxidation sites excluding steroid dienone is 1. The first-order valence-electron chi connectivity index (χ1n) is 9.41. The van der Waals surface area contributed by atoms with E-state index in [4.69, 9.17) is 0 Å². The van der Waals surface area contributed by atoms with Gasteiger partial charge in [-0.15, -0.1) is 0 Å². The van der Waals surface area contributed by atoms with Crippen molar-refractivity contribution in [1.82, 2.24) is 15.6 Å². The summed E-state index contributed by atoms with van der Waals surface area (Å²) < 4.78 is 0.746. The lowest BCUT2D eigenvalue weighted by atomic mass is 10.0. The normalized spacial score (nSPS) is 11.9. The predicted molar refractivity (Wildman–Crippen MR) is 122 cm³/mol. The number of benzene rings is 2. The maximum Gasteiger partial charge on any atom is 0.289 e. The van der Waals surface area contributed by atoms with E-state index in [0.717, 1.165) is 27.7 Å². The van der Waals surface area contributed by atoms with E-state index in [2.05, 4.69) is 62.6 Å². The molecule has 0 unspecified atom stereocenters. The van der Waals surface area contributed by atoms with Gasteiger partial charge in [0.15, 0.2) is 0 Å². The van der Waals surface area contributed by atoms with Crippen LogP contribution in [0.4, 0.5) is 0 Å². The summed E-state index contributed by atoms with van der Waals surface area (Å²) in [5.41, 5.74) is 6.87. The standard InChI is InChI=1S/C23H23BrN4O/c1-16(2)12-18-8-10-19(11-9-18)21-14-22(27-26-21)23(29)28-25-15-20(24)13-17-6-4-3-5-7-17/h3-11,13-16H,12H2,1-2H3,(H,26,27)(H,28,29)/b20-13-,25-15-. The predicted octanol–water partition coefficient (Wildman–Crippen LogP) is 5.43. The number of aromatic nitrogens is 2. The second kappa shape index (κ2) is 9.98. The van der Waals surface area contributed by atoms with Crippen LogP contribution in [0.1, 0.15) is 35.5 Å². The fraction of sp³-hybridized carbons (Fsp3) is 0.174. The number of hydrogen-bond donors (Lipinski definition) is 2. The van der Waals surface area contributed by atoms with Crippen molar-refractivity contribution in [3.05, 3.63) is 82.0 Å². The fourth-order valence-corrected chi connectivity index (χ4v) is 3.19. The second-order valence-electron chi connectivity index (χ2n) is 7.10. The van der Waals surface area contributed by atoms with Crippen molar-refractivity contribution in [2.45, 2.75) is 20.3 Å². The van der Waals surface area contributed by atoms with Crippen LogP contribution in [0.15, 0.2) is 70.2 Å². The Morgan fingerprint density at radius 1 is 1.17 bits per heavy atom.